The largest absolute Gasteiger partial charge is 0.493 e. The summed E-state index contributed by atoms with van der Waals surface area (Å²) in [6, 6.07) is 7.14. The molecule has 1 N–H and O–H groups in total. The maximum Gasteiger partial charge on any atom is 0.408 e. The fraction of sp³-hybridized carbons (Fsp3) is 0.552. The van der Waals surface area contributed by atoms with Crippen molar-refractivity contribution in [1.82, 2.24) is 9.80 Å². The van der Waals surface area contributed by atoms with Gasteiger partial charge in [0, 0.05) is 12.1 Å². The number of carbonyl (C=O) groups is 1. The summed E-state index contributed by atoms with van der Waals surface area (Å²) in [5.41, 5.74) is 4.93. The molecule has 2 atom stereocenters. The predicted molar refractivity (Wildman–Crippen MR) is 136 cm³/mol. The van der Waals surface area contributed by atoms with E-state index < -0.39 is 6.09 Å². The van der Waals surface area contributed by atoms with Gasteiger partial charge < -0.3 is 14.7 Å². The fourth-order valence-corrected chi connectivity index (χ4v) is 6.97. The Kier molecular flexibility index (Phi) is 6.07. The monoisotopic (exact) mass is 480 g/mol. The third-order valence-corrected chi connectivity index (χ3v) is 8.45. The molecule has 1 amide bonds. The molecule has 4 aliphatic rings. The highest BCUT2D eigenvalue weighted by molar-refractivity contribution is 5.71. The number of carboxylic acid groups (broad SMARTS) is 1. The molecular formula is C29H37FN2O3. The first kappa shape index (κ1) is 24.1. The van der Waals surface area contributed by atoms with Crippen molar-refractivity contribution in [2.45, 2.75) is 66.0 Å². The molecule has 6 rings (SSSR count). The molecule has 2 aromatic carbocycles. The Balaban J connectivity index is 1.56. The van der Waals surface area contributed by atoms with Crippen LogP contribution in [0.5, 0.6) is 5.75 Å². The van der Waals surface area contributed by atoms with Crippen LogP contribution in [-0.4, -0.2) is 53.3 Å². The Morgan fingerprint density at radius 3 is 2.37 bits per heavy atom. The van der Waals surface area contributed by atoms with Gasteiger partial charge in [-0.3, -0.25) is 4.90 Å². The van der Waals surface area contributed by atoms with Gasteiger partial charge in [0.15, 0.2) is 0 Å². The second kappa shape index (κ2) is 8.81. The maximum absolute atomic E-state index is 15.7. The number of hydrogen-bond donors (Lipinski definition) is 1. The van der Waals surface area contributed by atoms with Gasteiger partial charge in [-0.2, -0.15) is 0 Å². The van der Waals surface area contributed by atoms with E-state index in [2.05, 4.69) is 18.7 Å². The molecule has 188 valence electrons. The average Bonchev–Trinajstić information content (AvgIpc) is 3.05. The third-order valence-electron chi connectivity index (χ3n) is 8.45. The topological polar surface area (TPSA) is 53.0 Å². The van der Waals surface area contributed by atoms with Crippen LogP contribution in [0.3, 0.4) is 0 Å². The Labute approximate surface area is 207 Å². The standard InChI is InChI=1S/C29H37FN2O3/c1-6-35-26-17(2)11-20(12-18(26)3)22-13-21-15-29(4,5)27(23(21)14-24(22)30)32(28(33)34)25-16-31-9-7-19(25)8-10-31/h11-14,19,25,27H,6-10,15-16H2,1-5H3,(H,33,34)/t25-,27+/m1/s1. The smallest absolute Gasteiger partial charge is 0.408 e. The molecule has 2 bridgehead atoms. The SMILES string of the molecule is CCOc1c(C)cc(-c2cc3c(cc2F)[C@H](N(C(=O)O)[C@@H]2CN4CCC2CC4)C(C)(C)C3)cc1C. The molecule has 6 heteroatoms. The van der Waals surface area contributed by atoms with Gasteiger partial charge in [-0.15, -0.1) is 0 Å². The molecule has 0 unspecified atom stereocenters. The lowest BCUT2D eigenvalue weighted by Crippen LogP contribution is -2.60. The van der Waals surface area contributed by atoms with E-state index in [1.165, 1.54) is 0 Å². The van der Waals surface area contributed by atoms with E-state index in [0.717, 1.165) is 72.5 Å². The van der Waals surface area contributed by atoms with Crippen LogP contribution < -0.4 is 4.74 Å². The Morgan fingerprint density at radius 2 is 1.83 bits per heavy atom. The van der Waals surface area contributed by atoms with Gasteiger partial charge in [0.25, 0.3) is 0 Å². The highest BCUT2D eigenvalue weighted by Gasteiger charge is 2.50. The zero-order valence-electron chi connectivity index (χ0n) is 21.5. The summed E-state index contributed by atoms with van der Waals surface area (Å²) in [6.45, 7) is 13.7. The minimum atomic E-state index is -0.892. The number of piperidine rings is 3. The number of fused-ring (bicyclic) bond motifs is 4. The lowest BCUT2D eigenvalue weighted by molar-refractivity contribution is -0.0267. The highest BCUT2D eigenvalue weighted by Crippen LogP contribution is 2.52. The molecule has 5 nitrogen and oxygen atoms in total. The van der Waals surface area contributed by atoms with Crippen LogP contribution in [-0.2, 0) is 6.42 Å². The summed E-state index contributed by atoms with van der Waals surface area (Å²) < 4.78 is 21.5. The minimum absolute atomic E-state index is 0.0376. The van der Waals surface area contributed by atoms with Crippen molar-refractivity contribution >= 4 is 6.09 Å². The second-order valence-corrected chi connectivity index (χ2v) is 11.4. The molecule has 3 fully saturated rings. The number of hydrogen-bond acceptors (Lipinski definition) is 3. The number of benzene rings is 2. The van der Waals surface area contributed by atoms with Crippen LogP contribution in [0.2, 0.25) is 0 Å². The Hall–Kier alpha value is -2.60. The Bertz CT molecular complexity index is 1130. The van der Waals surface area contributed by atoms with Crippen LogP contribution in [0, 0.1) is 31.0 Å². The van der Waals surface area contributed by atoms with E-state index in [9.17, 15) is 9.90 Å². The first-order valence-corrected chi connectivity index (χ1v) is 12.9. The molecule has 0 aromatic heterocycles. The third kappa shape index (κ3) is 4.10. The normalized spacial score (nSPS) is 26.5. The maximum atomic E-state index is 15.7. The number of aryl methyl sites for hydroxylation is 2. The van der Waals surface area contributed by atoms with Crippen LogP contribution in [0.1, 0.15) is 61.9 Å². The number of halogens is 1. The molecule has 3 aliphatic heterocycles. The highest BCUT2D eigenvalue weighted by atomic mass is 19.1. The van der Waals surface area contributed by atoms with Crippen molar-refractivity contribution in [2.24, 2.45) is 11.3 Å². The summed E-state index contributed by atoms with van der Waals surface area (Å²) in [4.78, 5) is 16.8. The average molecular weight is 481 g/mol. The number of rotatable bonds is 5. The number of amides is 1. The van der Waals surface area contributed by atoms with Gasteiger partial charge in [0.1, 0.15) is 11.6 Å². The zero-order chi connectivity index (χ0) is 25.1. The van der Waals surface area contributed by atoms with Gasteiger partial charge in [-0.25, -0.2) is 9.18 Å². The van der Waals surface area contributed by atoms with Crippen molar-refractivity contribution in [3.05, 3.63) is 52.3 Å². The first-order chi connectivity index (χ1) is 16.6. The molecule has 0 spiro atoms. The van der Waals surface area contributed by atoms with E-state index in [-0.39, 0.29) is 23.3 Å². The zero-order valence-corrected chi connectivity index (χ0v) is 21.5. The van der Waals surface area contributed by atoms with Crippen molar-refractivity contribution in [1.29, 1.82) is 0 Å². The molecule has 35 heavy (non-hydrogen) atoms. The predicted octanol–water partition coefficient (Wildman–Crippen LogP) is 6.21. The van der Waals surface area contributed by atoms with E-state index in [1.807, 2.05) is 39.0 Å². The van der Waals surface area contributed by atoms with Crippen LogP contribution in [0.4, 0.5) is 9.18 Å². The first-order valence-electron chi connectivity index (χ1n) is 12.9. The van der Waals surface area contributed by atoms with E-state index in [0.29, 0.717) is 18.1 Å². The second-order valence-electron chi connectivity index (χ2n) is 11.4. The molecular weight excluding hydrogens is 443 g/mol. The molecule has 3 heterocycles. The molecule has 0 saturated carbocycles. The summed E-state index contributed by atoms with van der Waals surface area (Å²) in [5.74, 6) is 0.942. The van der Waals surface area contributed by atoms with E-state index in [1.54, 1.807) is 11.0 Å². The summed E-state index contributed by atoms with van der Waals surface area (Å²) in [7, 11) is 0. The molecule has 1 aliphatic carbocycles. The van der Waals surface area contributed by atoms with E-state index >= 15 is 4.39 Å². The van der Waals surface area contributed by atoms with Crippen molar-refractivity contribution < 1.29 is 19.0 Å². The minimum Gasteiger partial charge on any atom is -0.493 e. The van der Waals surface area contributed by atoms with Gasteiger partial charge in [-0.05, 0) is 117 Å². The summed E-state index contributed by atoms with van der Waals surface area (Å²) in [6.07, 6.45) is 1.91. The summed E-state index contributed by atoms with van der Waals surface area (Å²) >= 11 is 0. The van der Waals surface area contributed by atoms with Gasteiger partial charge >= 0.3 is 6.09 Å². The molecule has 0 radical (unpaired) electrons. The fourth-order valence-electron chi connectivity index (χ4n) is 6.97. The number of nitrogens with zero attached hydrogens (tertiary/aromatic N) is 2. The lowest BCUT2D eigenvalue weighted by atomic mass is 9.79. The van der Waals surface area contributed by atoms with E-state index in [4.69, 9.17) is 4.74 Å². The van der Waals surface area contributed by atoms with Gasteiger partial charge in [0.05, 0.1) is 18.7 Å². The van der Waals surface area contributed by atoms with Crippen LogP contribution >= 0.6 is 0 Å². The Morgan fingerprint density at radius 1 is 1.17 bits per heavy atom. The van der Waals surface area contributed by atoms with Crippen LogP contribution in [0.15, 0.2) is 24.3 Å². The molecule has 3 saturated heterocycles. The van der Waals surface area contributed by atoms with Crippen molar-refractivity contribution in [2.75, 3.05) is 26.2 Å². The van der Waals surface area contributed by atoms with Gasteiger partial charge in [-0.1, -0.05) is 13.8 Å². The van der Waals surface area contributed by atoms with Crippen LogP contribution in [0.25, 0.3) is 11.1 Å². The number of ether oxygens (including phenoxy) is 1. The summed E-state index contributed by atoms with van der Waals surface area (Å²) in [5, 5.41) is 10.4. The van der Waals surface area contributed by atoms with Crippen molar-refractivity contribution in [3.63, 3.8) is 0 Å². The quantitative estimate of drug-likeness (QED) is 0.553. The molecule has 2 aromatic rings. The van der Waals surface area contributed by atoms with Crippen molar-refractivity contribution in [3.8, 4) is 16.9 Å². The van der Waals surface area contributed by atoms with Gasteiger partial charge in [0.2, 0.25) is 0 Å². The lowest BCUT2D eigenvalue weighted by Gasteiger charge is -2.51.